The molecular weight excluding hydrogens is 483 g/mol. The van der Waals surface area contributed by atoms with Crippen LogP contribution in [-0.4, -0.2) is 38.9 Å². The van der Waals surface area contributed by atoms with Crippen molar-refractivity contribution >= 4 is 15.8 Å². The molecule has 1 aliphatic rings. The Balaban J connectivity index is 1.68. The molecule has 0 spiro atoms. The Bertz CT molecular complexity index is 1280. The van der Waals surface area contributed by atoms with E-state index >= 15 is 0 Å². The second-order valence-electron chi connectivity index (χ2n) is 8.11. The molecule has 2 aromatic carbocycles. The summed E-state index contributed by atoms with van der Waals surface area (Å²) in [5.41, 5.74) is 1.39. The summed E-state index contributed by atoms with van der Waals surface area (Å²) in [7, 11) is -2.40. The number of fused-ring (bicyclic) bond motifs is 1. The van der Waals surface area contributed by atoms with E-state index in [1.54, 1.807) is 19.2 Å². The van der Waals surface area contributed by atoms with Crippen LogP contribution in [0.15, 0.2) is 59.6 Å². The van der Waals surface area contributed by atoms with Gasteiger partial charge in [0.2, 0.25) is 0 Å². The molecule has 0 unspecified atom stereocenters. The lowest BCUT2D eigenvalue weighted by molar-refractivity contribution is -0.137. The predicted molar refractivity (Wildman–Crippen MR) is 123 cm³/mol. The maximum absolute atomic E-state index is 13.4. The van der Waals surface area contributed by atoms with E-state index in [4.69, 9.17) is 9.47 Å². The first-order valence-electron chi connectivity index (χ1n) is 11.0. The molecule has 1 aromatic heterocycles. The average Bonchev–Trinajstić information content (AvgIpc) is 2.83. The predicted octanol–water partition coefficient (Wildman–Crippen LogP) is 4.79. The van der Waals surface area contributed by atoms with E-state index in [0.29, 0.717) is 43.8 Å². The van der Waals surface area contributed by atoms with Crippen LogP contribution in [0.1, 0.15) is 41.0 Å². The van der Waals surface area contributed by atoms with Crippen molar-refractivity contribution in [2.75, 3.05) is 25.0 Å². The van der Waals surface area contributed by atoms with Gasteiger partial charge in [-0.05, 0) is 60.7 Å². The molecular formula is C24H24F3N3O4S. The van der Waals surface area contributed by atoms with Gasteiger partial charge in [-0.2, -0.15) is 18.3 Å². The van der Waals surface area contributed by atoms with Gasteiger partial charge in [0.25, 0.3) is 10.0 Å². The summed E-state index contributed by atoms with van der Waals surface area (Å²) >= 11 is 0. The van der Waals surface area contributed by atoms with Gasteiger partial charge in [0, 0.05) is 37.5 Å². The first-order chi connectivity index (χ1) is 16.7. The molecule has 7 nitrogen and oxygen atoms in total. The molecule has 3 aromatic rings. The summed E-state index contributed by atoms with van der Waals surface area (Å²) in [6.45, 7) is 0.733. The largest absolute Gasteiger partial charge is 0.493 e. The summed E-state index contributed by atoms with van der Waals surface area (Å²) in [6.07, 6.45) is -1.46. The van der Waals surface area contributed by atoms with Gasteiger partial charge in [0.15, 0.2) is 5.82 Å². The van der Waals surface area contributed by atoms with Crippen molar-refractivity contribution in [2.45, 2.75) is 36.3 Å². The van der Waals surface area contributed by atoms with Gasteiger partial charge < -0.3 is 9.47 Å². The van der Waals surface area contributed by atoms with Crippen LogP contribution in [0.5, 0.6) is 5.75 Å². The number of benzene rings is 2. The lowest BCUT2D eigenvalue weighted by Crippen LogP contribution is -2.19. The zero-order valence-corrected chi connectivity index (χ0v) is 19.7. The zero-order valence-electron chi connectivity index (χ0n) is 18.9. The highest BCUT2D eigenvalue weighted by atomic mass is 32.2. The zero-order chi connectivity index (χ0) is 25.1. The summed E-state index contributed by atoms with van der Waals surface area (Å²) in [5, 5.41) is 7.39. The van der Waals surface area contributed by atoms with Crippen LogP contribution in [0, 0.1) is 0 Å². The van der Waals surface area contributed by atoms with Crippen LogP contribution in [0.25, 0.3) is 0 Å². The first kappa shape index (κ1) is 24.9. The van der Waals surface area contributed by atoms with Crippen molar-refractivity contribution in [1.82, 2.24) is 10.2 Å². The third kappa shape index (κ3) is 5.73. The number of rotatable bonds is 8. The van der Waals surface area contributed by atoms with Gasteiger partial charge in [-0.1, -0.05) is 12.1 Å². The molecule has 0 aliphatic carbocycles. The van der Waals surface area contributed by atoms with E-state index in [1.165, 1.54) is 36.5 Å². The van der Waals surface area contributed by atoms with E-state index in [9.17, 15) is 21.6 Å². The molecule has 4 rings (SSSR count). The van der Waals surface area contributed by atoms with E-state index in [0.717, 1.165) is 17.2 Å². The first-order valence-corrected chi connectivity index (χ1v) is 12.4. The molecule has 1 atom stereocenters. The Morgan fingerprint density at radius 1 is 1.14 bits per heavy atom. The Morgan fingerprint density at radius 2 is 1.94 bits per heavy atom. The third-order valence-corrected chi connectivity index (χ3v) is 7.14. The minimum absolute atomic E-state index is 0.0182. The van der Waals surface area contributed by atoms with E-state index in [2.05, 4.69) is 14.9 Å². The van der Waals surface area contributed by atoms with Crippen molar-refractivity contribution in [3.8, 4) is 5.75 Å². The number of anilines is 1. The second-order valence-corrected chi connectivity index (χ2v) is 9.79. The molecule has 0 saturated heterocycles. The molecule has 186 valence electrons. The van der Waals surface area contributed by atoms with Crippen LogP contribution in [0.2, 0.25) is 0 Å². The number of sulfonamides is 1. The average molecular weight is 508 g/mol. The van der Waals surface area contributed by atoms with Gasteiger partial charge in [0.05, 0.1) is 17.1 Å². The number of methoxy groups -OCH3 is 1. The monoisotopic (exact) mass is 507 g/mol. The Labute approximate surface area is 201 Å². The van der Waals surface area contributed by atoms with Crippen molar-refractivity contribution in [2.24, 2.45) is 0 Å². The normalized spacial score (nSPS) is 15.8. The lowest BCUT2D eigenvalue weighted by atomic mass is 9.82. The van der Waals surface area contributed by atoms with Crippen molar-refractivity contribution < 1.29 is 31.1 Å². The maximum Gasteiger partial charge on any atom is 0.416 e. The van der Waals surface area contributed by atoms with Crippen LogP contribution >= 0.6 is 0 Å². The van der Waals surface area contributed by atoms with Crippen molar-refractivity contribution in [3.05, 3.63) is 77.0 Å². The maximum atomic E-state index is 13.4. The standard InChI is InChI=1S/C24H24F3N3O4S/c1-33-12-3-4-16-14-17(24(25,26)27)6-8-19(16)20-10-13-34-22-15-18(7-9-21(20)22)35(31,32)30-23-5-2-11-28-29-23/h2,5-9,11,14-15,20H,3-4,10,12-13H2,1H3,(H,29,30)/t20-/m1/s1. The molecule has 0 fully saturated rings. The van der Waals surface area contributed by atoms with Gasteiger partial charge in [-0.25, -0.2) is 8.42 Å². The summed E-state index contributed by atoms with van der Waals surface area (Å²) < 4.78 is 78.9. The number of nitrogens with one attached hydrogen (secondary N) is 1. The van der Waals surface area contributed by atoms with Crippen molar-refractivity contribution in [1.29, 1.82) is 0 Å². The molecule has 1 N–H and O–H groups in total. The van der Waals surface area contributed by atoms with E-state index in [-0.39, 0.29) is 16.6 Å². The number of aromatic nitrogens is 2. The van der Waals surface area contributed by atoms with Crippen molar-refractivity contribution in [3.63, 3.8) is 0 Å². The molecule has 1 aliphatic heterocycles. The molecule has 35 heavy (non-hydrogen) atoms. The number of hydrogen-bond donors (Lipinski definition) is 1. The lowest BCUT2D eigenvalue weighted by Gasteiger charge is -2.29. The Kier molecular flexibility index (Phi) is 7.27. The molecule has 0 bridgehead atoms. The Hall–Kier alpha value is -3.18. The highest BCUT2D eigenvalue weighted by molar-refractivity contribution is 7.92. The van der Waals surface area contributed by atoms with Gasteiger partial charge in [-0.15, -0.1) is 5.10 Å². The number of ether oxygens (including phenoxy) is 2. The van der Waals surface area contributed by atoms with Crippen LogP contribution < -0.4 is 9.46 Å². The van der Waals surface area contributed by atoms with E-state index < -0.39 is 21.8 Å². The summed E-state index contributed by atoms with van der Waals surface area (Å²) in [5.74, 6) is 0.226. The number of aryl methyl sites for hydroxylation is 1. The van der Waals surface area contributed by atoms with E-state index in [1.807, 2.05) is 0 Å². The summed E-state index contributed by atoms with van der Waals surface area (Å²) in [6, 6.07) is 11.4. The number of nitrogens with zero attached hydrogens (tertiary/aromatic N) is 2. The fourth-order valence-electron chi connectivity index (χ4n) is 4.16. The highest BCUT2D eigenvalue weighted by Gasteiger charge is 2.33. The minimum Gasteiger partial charge on any atom is -0.493 e. The number of hydrogen-bond acceptors (Lipinski definition) is 6. The Morgan fingerprint density at radius 3 is 2.66 bits per heavy atom. The van der Waals surface area contributed by atoms with Gasteiger partial charge in [0.1, 0.15) is 5.75 Å². The number of alkyl halides is 3. The molecule has 11 heteroatoms. The molecule has 0 radical (unpaired) electrons. The van der Waals surface area contributed by atoms with Crippen LogP contribution in [0.4, 0.5) is 19.0 Å². The smallest absolute Gasteiger partial charge is 0.416 e. The van der Waals surface area contributed by atoms with Gasteiger partial charge in [-0.3, -0.25) is 4.72 Å². The third-order valence-electron chi connectivity index (χ3n) is 5.79. The topological polar surface area (TPSA) is 90.4 Å². The fraction of sp³-hybridized carbons (Fsp3) is 0.333. The van der Waals surface area contributed by atoms with Crippen LogP contribution in [0.3, 0.4) is 0 Å². The quantitative estimate of drug-likeness (QED) is 0.441. The minimum atomic E-state index is -4.44. The fourth-order valence-corrected chi connectivity index (χ4v) is 5.17. The molecule has 0 saturated carbocycles. The van der Waals surface area contributed by atoms with Gasteiger partial charge >= 0.3 is 6.18 Å². The summed E-state index contributed by atoms with van der Waals surface area (Å²) in [4.78, 5) is -0.0182. The highest BCUT2D eigenvalue weighted by Crippen LogP contribution is 2.42. The molecule has 2 heterocycles. The molecule has 0 amide bonds. The number of halogens is 3. The second kappa shape index (κ2) is 10.2. The SMILES string of the molecule is COCCCc1cc(C(F)(F)F)ccc1[C@H]1CCOc2cc(S(=O)(=O)Nc3cccnn3)ccc21. The van der Waals surface area contributed by atoms with Crippen LogP contribution in [-0.2, 0) is 27.4 Å².